The van der Waals surface area contributed by atoms with E-state index in [1.54, 1.807) is 41.0 Å². The van der Waals surface area contributed by atoms with Gasteiger partial charge in [0.15, 0.2) is 5.65 Å². The lowest BCUT2D eigenvalue weighted by molar-refractivity contribution is 0.403. The first-order valence-corrected chi connectivity index (χ1v) is 11.5. The number of methoxy groups -OCH3 is 2. The van der Waals surface area contributed by atoms with Crippen molar-refractivity contribution in [2.45, 2.75) is 18.7 Å². The molecule has 166 valence electrons. The van der Waals surface area contributed by atoms with Crippen LogP contribution >= 0.6 is 11.6 Å². The number of rotatable bonds is 6. The van der Waals surface area contributed by atoms with Crippen LogP contribution in [0.15, 0.2) is 53.6 Å². The highest BCUT2D eigenvalue weighted by atomic mass is 35.5. The van der Waals surface area contributed by atoms with Gasteiger partial charge in [-0.25, -0.2) is 17.9 Å². The number of fused-ring (bicyclic) bond motifs is 1. The number of anilines is 1. The van der Waals surface area contributed by atoms with Crippen LogP contribution in [0.25, 0.3) is 16.8 Å². The highest BCUT2D eigenvalue weighted by Gasteiger charge is 2.22. The minimum Gasteiger partial charge on any atom is -0.495 e. The summed E-state index contributed by atoms with van der Waals surface area (Å²) in [7, 11) is -1.09. The third-order valence-corrected chi connectivity index (χ3v) is 6.64. The predicted molar refractivity (Wildman–Crippen MR) is 123 cm³/mol. The molecule has 0 aliphatic carbocycles. The number of hydrogen-bond acceptors (Lipinski definition) is 6. The monoisotopic (exact) mass is 472 g/mol. The van der Waals surface area contributed by atoms with Crippen LogP contribution in [0.3, 0.4) is 0 Å². The number of nitrogens with one attached hydrogen (secondary N) is 1. The second-order valence-corrected chi connectivity index (χ2v) is 9.21. The minimum absolute atomic E-state index is 0.0202. The predicted octanol–water partition coefficient (Wildman–Crippen LogP) is 4.48. The molecule has 0 fully saturated rings. The number of halogens is 1. The van der Waals surface area contributed by atoms with Crippen LogP contribution in [0.4, 0.5) is 5.69 Å². The molecule has 2 aromatic heterocycles. The molecule has 10 heteroatoms. The molecule has 8 nitrogen and oxygen atoms in total. The van der Waals surface area contributed by atoms with E-state index >= 15 is 0 Å². The van der Waals surface area contributed by atoms with Gasteiger partial charge < -0.3 is 9.47 Å². The summed E-state index contributed by atoms with van der Waals surface area (Å²) in [6, 6.07) is 11.5. The van der Waals surface area contributed by atoms with Crippen molar-refractivity contribution in [3.8, 4) is 22.6 Å². The zero-order valence-corrected chi connectivity index (χ0v) is 19.5. The van der Waals surface area contributed by atoms with E-state index in [0.29, 0.717) is 28.2 Å². The van der Waals surface area contributed by atoms with Crippen molar-refractivity contribution >= 4 is 33.0 Å². The Labute approximate surface area is 190 Å². The highest BCUT2D eigenvalue weighted by molar-refractivity contribution is 7.92. The second-order valence-electron chi connectivity index (χ2n) is 7.15. The number of hydrogen-bond donors (Lipinski definition) is 1. The summed E-state index contributed by atoms with van der Waals surface area (Å²) >= 11 is 6.14. The fourth-order valence-corrected chi connectivity index (χ4v) is 4.97. The van der Waals surface area contributed by atoms with Crippen LogP contribution < -0.4 is 14.2 Å². The molecule has 0 aliphatic rings. The van der Waals surface area contributed by atoms with E-state index in [2.05, 4.69) is 14.8 Å². The molecule has 32 heavy (non-hydrogen) atoms. The molecule has 2 aromatic carbocycles. The fraction of sp³-hybridized carbons (Fsp3) is 0.182. The summed E-state index contributed by atoms with van der Waals surface area (Å²) in [6.45, 7) is 3.84. The average molecular weight is 473 g/mol. The van der Waals surface area contributed by atoms with Gasteiger partial charge in [-0.1, -0.05) is 17.7 Å². The van der Waals surface area contributed by atoms with Crippen LogP contribution in [0.2, 0.25) is 5.02 Å². The van der Waals surface area contributed by atoms with Crippen molar-refractivity contribution in [2.75, 3.05) is 18.9 Å². The maximum absolute atomic E-state index is 13.2. The van der Waals surface area contributed by atoms with Gasteiger partial charge >= 0.3 is 0 Å². The Morgan fingerprint density at radius 1 is 1.00 bits per heavy atom. The summed E-state index contributed by atoms with van der Waals surface area (Å²) < 4.78 is 41.2. The quantitative estimate of drug-likeness (QED) is 0.444. The Balaban J connectivity index is 1.80. The molecular formula is C22H21ClN4O4S. The van der Waals surface area contributed by atoms with Crippen molar-refractivity contribution in [3.05, 3.63) is 65.1 Å². The van der Waals surface area contributed by atoms with Gasteiger partial charge in [0.25, 0.3) is 10.0 Å². The summed E-state index contributed by atoms with van der Waals surface area (Å²) in [6.07, 6.45) is 1.67. The molecule has 0 aliphatic heterocycles. The zero-order valence-electron chi connectivity index (χ0n) is 17.9. The van der Waals surface area contributed by atoms with Crippen LogP contribution in [-0.2, 0) is 10.0 Å². The Morgan fingerprint density at radius 2 is 1.72 bits per heavy atom. The van der Waals surface area contributed by atoms with Crippen molar-refractivity contribution < 1.29 is 17.9 Å². The third-order valence-electron chi connectivity index (χ3n) is 4.95. The summed E-state index contributed by atoms with van der Waals surface area (Å²) in [5, 5.41) is 4.68. The Hall–Kier alpha value is -3.30. The van der Waals surface area contributed by atoms with E-state index in [0.717, 1.165) is 11.4 Å². The molecule has 0 unspecified atom stereocenters. The van der Waals surface area contributed by atoms with Crippen molar-refractivity contribution in [1.82, 2.24) is 14.6 Å². The van der Waals surface area contributed by atoms with Crippen LogP contribution in [0.5, 0.6) is 11.5 Å². The Bertz CT molecular complexity index is 1430. The normalized spacial score (nSPS) is 11.5. The molecule has 2 heterocycles. The van der Waals surface area contributed by atoms with E-state index in [9.17, 15) is 8.42 Å². The van der Waals surface area contributed by atoms with Gasteiger partial charge in [0.1, 0.15) is 16.4 Å². The lowest BCUT2D eigenvalue weighted by Gasteiger charge is -2.14. The van der Waals surface area contributed by atoms with Crippen LogP contribution in [0, 0.1) is 13.8 Å². The molecule has 1 N–H and O–H groups in total. The van der Waals surface area contributed by atoms with Gasteiger partial charge in [0, 0.05) is 17.0 Å². The fourth-order valence-electron chi connectivity index (χ4n) is 3.47. The van der Waals surface area contributed by atoms with Gasteiger partial charge in [0.2, 0.25) is 0 Å². The SMILES string of the molecule is COc1ccc(NS(=O)(=O)c2cc(-c3cnn4c(C)cc(C)nc34)ccc2OC)cc1Cl. The van der Waals surface area contributed by atoms with E-state index in [1.807, 2.05) is 19.9 Å². The Kier molecular flexibility index (Phi) is 5.70. The number of ether oxygens (including phenoxy) is 2. The van der Waals surface area contributed by atoms with Crippen LogP contribution in [-0.4, -0.2) is 37.2 Å². The molecule has 4 aromatic rings. The summed E-state index contributed by atoms with van der Waals surface area (Å²) in [4.78, 5) is 4.56. The summed E-state index contributed by atoms with van der Waals surface area (Å²) in [5.41, 5.74) is 4.07. The van der Waals surface area contributed by atoms with Crippen molar-refractivity contribution in [1.29, 1.82) is 0 Å². The van der Waals surface area contributed by atoms with Gasteiger partial charge in [-0.2, -0.15) is 5.10 Å². The smallest absolute Gasteiger partial charge is 0.265 e. The maximum atomic E-state index is 13.2. The number of aryl methyl sites for hydroxylation is 2. The van der Waals surface area contributed by atoms with E-state index in [4.69, 9.17) is 21.1 Å². The van der Waals surface area contributed by atoms with Gasteiger partial charge in [-0.3, -0.25) is 4.72 Å². The van der Waals surface area contributed by atoms with Gasteiger partial charge in [0.05, 0.1) is 31.1 Å². The molecule has 0 radical (unpaired) electrons. The molecule has 0 spiro atoms. The minimum atomic E-state index is -4.00. The number of benzene rings is 2. The van der Waals surface area contributed by atoms with Crippen molar-refractivity contribution in [3.63, 3.8) is 0 Å². The molecular weight excluding hydrogens is 452 g/mol. The highest BCUT2D eigenvalue weighted by Crippen LogP contribution is 2.34. The first-order chi connectivity index (χ1) is 15.2. The van der Waals surface area contributed by atoms with E-state index in [-0.39, 0.29) is 15.7 Å². The number of aromatic nitrogens is 3. The first kappa shape index (κ1) is 21.9. The standard InChI is InChI=1S/C22H21ClN4O4S/c1-13-9-14(2)27-22(25-13)17(12-24-27)15-5-7-20(31-4)21(10-15)32(28,29)26-16-6-8-19(30-3)18(23)11-16/h5-12,26H,1-4H3. The largest absolute Gasteiger partial charge is 0.495 e. The molecule has 0 amide bonds. The topological polar surface area (TPSA) is 94.8 Å². The molecule has 0 saturated heterocycles. The third kappa shape index (κ3) is 3.96. The second kappa shape index (κ2) is 8.33. The lowest BCUT2D eigenvalue weighted by atomic mass is 10.1. The maximum Gasteiger partial charge on any atom is 0.265 e. The van der Waals surface area contributed by atoms with E-state index < -0.39 is 10.0 Å². The molecule has 0 saturated carbocycles. The van der Waals surface area contributed by atoms with E-state index in [1.165, 1.54) is 20.3 Å². The number of nitrogens with zero attached hydrogens (tertiary/aromatic N) is 3. The zero-order chi connectivity index (χ0) is 23.0. The van der Waals surface area contributed by atoms with Gasteiger partial charge in [-0.15, -0.1) is 0 Å². The summed E-state index contributed by atoms with van der Waals surface area (Å²) in [5.74, 6) is 0.651. The Morgan fingerprint density at radius 3 is 2.41 bits per heavy atom. The molecule has 4 rings (SSSR count). The average Bonchev–Trinajstić information content (AvgIpc) is 3.17. The van der Waals surface area contributed by atoms with Crippen LogP contribution in [0.1, 0.15) is 11.4 Å². The number of sulfonamides is 1. The van der Waals surface area contributed by atoms with Crippen molar-refractivity contribution in [2.24, 2.45) is 0 Å². The lowest BCUT2D eigenvalue weighted by Crippen LogP contribution is -2.14. The molecule has 0 atom stereocenters. The first-order valence-electron chi connectivity index (χ1n) is 9.60. The molecule has 0 bridgehead atoms. The van der Waals surface area contributed by atoms with Gasteiger partial charge in [-0.05, 0) is 55.8 Å².